The minimum absolute atomic E-state index is 0.0972. The Hall–Kier alpha value is -2.32. The van der Waals surface area contributed by atoms with Gasteiger partial charge in [-0.25, -0.2) is 0 Å². The molecular weight excluding hydrogens is 334 g/mol. The zero-order valence-corrected chi connectivity index (χ0v) is 14.9. The Morgan fingerprint density at radius 3 is 2.27 bits per heavy atom. The van der Waals surface area contributed by atoms with Crippen molar-refractivity contribution in [2.45, 2.75) is 32.2 Å². The molecule has 140 valence electrons. The molecule has 2 rings (SSSR count). The first-order valence-electron chi connectivity index (χ1n) is 8.44. The fourth-order valence-electron chi connectivity index (χ4n) is 2.36. The molecule has 0 spiro atoms. The van der Waals surface area contributed by atoms with Gasteiger partial charge in [0.1, 0.15) is 24.0 Å². The minimum Gasteiger partial charge on any atom is -0.394 e. The molecule has 0 radical (unpaired) electrons. The van der Waals surface area contributed by atoms with Crippen molar-refractivity contribution in [2.75, 3.05) is 18.6 Å². The molecule has 0 aliphatic rings. The van der Waals surface area contributed by atoms with Gasteiger partial charge in [-0.05, 0) is 54.0 Å². The lowest BCUT2D eigenvalue weighted by molar-refractivity contribution is -0.570. The zero-order valence-electron chi connectivity index (χ0n) is 14.9. The molecule has 0 unspecified atom stereocenters. The smallest absolute Gasteiger partial charge is 0.228 e. The van der Waals surface area contributed by atoms with Crippen molar-refractivity contribution in [1.29, 1.82) is 0 Å². The molecule has 0 aromatic heterocycles. The number of nitrogens with zero attached hydrogens (tertiary/aromatic N) is 2. The summed E-state index contributed by atoms with van der Waals surface area (Å²) in [5, 5.41) is 43.0. The third-order valence-corrected chi connectivity index (χ3v) is 4.09. The minimum atomic E-state index is -1.49. The van der Waals surface area contributed by atoms with E-state index in [4.69, 9.17) is 5.11 Å². The second-order valence-electron chi connectivity index (χ2n) is 6.24. The van der Waals surface area contributed by atoms with E-state index < -0.39 is 24.9 Å². The highest BCUT2D eigenvalue weighted by Gasteiger charge is 2.29. The van der Waals surface area contributed by atoms with Crippen LogP contribution in [0.2, 0.25) is 0 Å². The lowest BCUT2D eigenvalue weighted by Gasteiger charge is -2.19. The monoisotopic (exact) mass is 360 g/mol. The maximum Gasteiger partial charge on any atom is 0.228 e. The van der Waals surface area contributed by atoms with Gasteiger partial charge in [-0.15, -0.1) is 5.43 Å². The predicted octanol–water partition coefficient (Wildman–Crippen LogP) is 1.50. The molecule has 2 aromatic carbocycles. The third kappa shape index (κ3) is 5.60. The van der Waals surface area contributed by atoms with Crippen LogP contribution in [0, 0.1) is 13.8 Å². The Morgan fingerprint density at radius 1 is 0.962 bits per heavy atom. The van der Waals surface area contributed by atoms with Gasteiger partial charge in [0.25, 0.3) is 0 Å². The number of nitrogens with one attached hydrogen (secondary N) is 1. The average Bonchev–Trinajstić information content (AvgIpc) is 2.64. The van der Waals surface area contributed by atoms with E-state index >= 15 is 0 Å². The van der Waals surface area contributed by atoms with Crippen molar-refractivity contribution in [3.8, 4) is 0 Å². The fraction of sp³-hybridized carbons (Fsp3) is 0.368. The van der Waals surface area contributed by atoms with Gasteiger partial charge in [-0.1, -0.05) is 24.3 Å². The molecule has 0 heterocycles. The Kier molecular flexibility index (Phi) is 7.23. The Labute approximate surface area is 152 Å². The summed E-state index contributed by atoms with van der Waals surface area (Å²) >= 11 is 0. The van der Waals surface area contributed by atoms with Gasteiger partial charge in [-0.2, -0.15) is 0 Å². The van der Waals surface area contributed by atoms with Gasteiger partial charge in [0, 0.05) is 5.11 Å². The Bertz CT molecular complexity index is 737. The van der Waals surface area contributed by atoms with Gasteiger partial charge >= 0.3 is 0 Å². The van der Waals surface area contributed by atoms with E-state index in [0.717, 1.165) is 16.8 Å². The fourth-order valence-corrected chi connectivity index (χ4v) is 2.36. The van der Waals surface area contributed by atoms with Crippen molar-refractivity contribution in [3.05, 3.63) is 59.7 Å². The third-order valence-electron chi connectivity index (χ3n) is 4.09. The van der Waals surface area contributed by atoms with Crippen molar-refractivity contribution in [2.24, 2.45) is 5.11 Å². The van der Waals surface area contributed by atoms with Crippen LogP contribution in [0.3, 0.4) is 0 Å². The summed E-state index contributed by atoms with van der Waals surface area (Å²) in [6.07, 6.45) is -4.23. The molecule has 5 N–H and O–H groups in total. The van der Waals surface area contributed by atoms with E-state index in [-0.39, 0.29) is 6.54 Å². The first-order valence-corrected chi connectivity index (χ1v) is 8.44. The van der Waals surface area contributed by atoms with E-state index in [2.05, 4.69) is 10.5 Å². The molecule has 26 heavy (non-hydrogen) atoms. The van der Waals surface area contributed by atoms with Gasteiger partial charge in [0.2, 0.25) is 6.54 Å². The second-order valence-corrected chi connectivity index (χ2v) is 6.24. The highest BCUT2D eigenvalue weighted by molar-refractivity contribution is 5.46. The van der Waals surface area contributed by atoms with Crippen LogP contribution in [-0.2, 0) is 0 Å². The van der Waals surface area contributed by atoms with Crippen molar-refractivity contribution >= 4 is 11.4 Å². The molecule has 0 aliphatic heterocycles. The molecule has 3 atom stereocenters. The summed E-state index contributed by atoms with van der Waals surface area (Å²) < 4.78 is 0. The first-order chi connectivity index (χ1) is 12.4. The van der Waals surface area contributed by atoms with E-state index in [1.165, 1.54) is 4.81 Å². The first kappa shape index (κ1) is 20.0. The number of benzene rings is 2. The predicted molar refractivity (Wildman–Crippen MR) is 98.3 cm³/mol. The molecule has 0 bridgehead atoms. The largest absolute Gasteiger partial charge is 0.394 e. The number of hydrogen-bond acceptors (Lipinski definition) is 5. The standard InChI is InChI=1S/C19H26N3O4/c1-13-8-9-16(10-14(13)2)21-22(20-15-6-4-3-5-7-15)11-17(24)19(26)18(25)12-23/h3-10,17-19,23-26H,11-12H2,1-2H3,(H,20,21)/q+1/t17-,18+,19-/m0/s1. The van der Waals surface area contributed by atoms with Crippen LogP contribution in [0.4, 0.5) is 11.4 Å². The highest BCUT2D eigenvalue weighted by atomic mass is 16.4. The average molecular weight is 360 g/mol. The second kappa shape index (κ2) is 9.40. The van der Waals surface area contributed by atoms with Gasteiger partial charge < -0.3 is 20.4 Å². The molecule has 7 heteroatoms. The summed E-state index contributed by atoms with van der Waals surface area (Å²) in [5.74, 6) is 0. The number of aliphatic hydroxyl groups excluding tert-OH is 4. The van der Waals surface area contributed by atoms with Crippen LogP contribution in [0.1, 0.15) is 11.1 Å². The van der Waals surface area contributed by atoms with Crippen LogP contribution in [-0.4, -0.2) is 56.7 Å². The van der Waals surface area contributed by atoms with E-state index in [0.29, 0.717) is 5.69 Å². The van der Waals surface area contributed by atoms with Crippen LogP contribution in [0.25, 0.3) is 0 Å². The summed E-state index contributed by atoms with van der Waals surface area (Å²) in [4.78, 5) is 1.40. The lowest BCUT2D eigenvalue weighted by atomic mass is 10.1. The van der Waals surface area contributed by atoms with Crippen molar-refractivity contribution < 1.29 is 25.2 Å². The number of hydrogen-bond donors (Lipinski definition) is 5. The normalized spacial score (nSPS) is 15.4. The van der Waals surface area contributed by atoms with Gasteiger partial charge in [0.15, 0.2) is 0 Å². The van der Waals surface area contributed by atoms with Crippen molar-refractivity contribution in [1.82, 2.24) is 0 Å². The summed E-state index contributed by atoms with van der Waals surface area (Å²) in [6, 6.07) is 15.0. The lowest BCUT2D eigenvalue weighted by Crippen LogP contribution is -2.44. The quantitative estimate of drug-likeness (QED) is 0.279. The molecule has 2 aromatic rings. The van der Waals surface area contributed by atoms with E-state index in [1.54, 1.807) is 12.1 Å². The SMILES string of the molecule is Cc1ccc(N[N+](C[C@H](O)[C@H](O)[C@H](O)CO)=Nc2ccccc2)cc1C. The Morgan fingerprint density at radius 2 is 1.65 bits per heavy atom. The number of anilines is 1. The van der Waals surface area contributed by atoms with Crippen LogP contribution < -0.4 is 5.43 Å². The molecule has 0 aliphatic carbocycles. The summed E-state index contributed by atoms with van der Waals surface area (Å²) in [5.41, 5.74) is 6.78. The number of hydrazine groups is 1. The van der Waals surface area contributed by atoms with E-state index in [9.17, 15) is 15.3 Å². The molecule has 0 amide bonds. The summed E-state index contributed by atoms with van der Waals surface area (Å²) in [6.45, 7) is 3.27. The molecule has 0 saturated heterocycles. The van der Waals surface area contributed by atoms with Crippen LogP contribution >= 0.6 is 0 Å². The van der Waals surface area contributed by atoms with Gasteiger partial charge in [-0.3, -0.25) is 0 Å². The maximum absolute atomic E-state index is 10.2. The molecule has 0 saturated carbocycles. The van der Waals surface area contributed by atoms with Gasteiger partial charge in [0.05, 0.1) is 12.3 Å². The molecule has 7 nitrogen and oxygen atoms in total. The number of azo groups is 1. The summed E-state index contributed by atoms with van der Waals surface area (Å²) in [7, 11) is 0. The van der Waals surface area contributed by atoms with Crippen LogP contribution in [0.15, 0.2) is 53.6 Å². The van der Waals surface area contributed by atoms with Crippen LogP contribution in [0.5, 0.6) is 0 Å². The number of aryl methyl sites for hydroxylation is 2. The number of aliphatic hydroxyl groups is 4. The highest BCUT2D eigenvalue weighted by Crippen LogP contribution is 2.16. The van der Waals surface area contributed by atoms with E-state index in [1.807, 2.05) is 50.2 Å². The number of rotatable bonds is 8. The zero-order chi connectivity index (χ0) is 19.1. The molecular formula is C19H26N3O4+. The topological polar surface area (TPSA) is 108 Å². The Balaban J connectivity index is 2.24. The molecule has 0 fully saturated rings. The van der Waals surface area contributed by atoms with Crippen molar-refractivity contribution in [3.63, 3.8) is 0 Å². The maximum atomic E-state index is 10.2.